The number of amides is 2. The zero-order chi connectivity index (χ0) is 18.8. The monoisotopic (exact) mass is 442 g/mol. The summed E-state index contributed by atoms with van der Waals surface area (Å²) in [5.74, 6) is -0.0801. The summed E-state index contributed by atoms with van der Waals surface area (Å²) < 4.78 is 10.5. The minimum absolute atomic E-state index is 0. The maximum atomic E-state index is 13.4. The Bertz CT molecular complexity index is 706. The number of carbonyl (C=O) groups is 3. The average Bonchev–Trinajstić information content (AvgIpc) is 3.43. The molecule has 3 fully saturated rings. The van der Waals surface area contributed by atoms with Crippen molar-refractivity contribution in [2.45, 2.75) is 63.1 Å². The van der Waals surface area contributed by atoms with Crippen molar-refractivity contribution in [3.63, 3.8) is 0 Å². The lowest BCUT2D eigenvalue weighted by Crippen LogP contribution is -2.58. The number of hydrogen-bond acceptors (Lipinski definition) is 5. The fourth-order valence-corrected chi connectivity index (χ4v) is 4.67. The topological polar surface area (TPSA) is 88.9 Å². The van der Waals surface area contributed by atoms with Crippen molar-refractivity contribution in [1.82, 2.24) is 10.2 Å². The number of fused-ring (bicyclic) bond motifs is 1. The molecule has 4 rings (SSSR count). The SMILES string of the molecule is O=C(N[C@@H](CC1CCCC1)C(=O)N1CCC[C@H]2OCC(=O)[C@H]21)c1ccoc1.S.S. The molecule has 1 aromatic rings. The summed E-state index contributed by atoms with van der Waals surface area (Å²) in [6, 6.07) is 0.461. The first-order valence-electron chi connectivity index (χ1n) is 9.91. The highest BCUT2D eigenvalue weighted by Crippen LogP contribution is 2.31. The van der Waals surface area contributed by atoms with Gasteiger partial charge in [0.25, 0.3) is 5.91 Å². The molecule has 0 radical (unpaired) electrons. The Morgan fingerprint density at radius 2 is 1.93 bits per heavy atom. The van der Waals surface area contributed by atoms with Gasteiger partial charge in [-0.2, -0.15) is 27.0 Å². The van der Waals surface area contributed by atoms with Crippen LogP contribution in [0.3, 0.4) is 0 Å². The van der Waals surface area contributed by atoms with Crippen molar-refractivity contribution < 1.29 is 23.5 Å². The van der Waals surface area contributed by atoms with E-state index in [2.05, 4.69) is 5.32 Å². The quantitative estimate of drug-likeness (QED) is 0.755. The van der Waals surface area contributed by atoms with Crippen LogP contribution in [0.15, 0.2) is 23.0 Å². The van der Waals surface area contributed by atoms with E-state index in [1.807, 2.05) is 0 Å². The number of hydrogen-bond donors (Lipinski definition) is 1. The second-order valence-corrected chi connectivity index (χ2v) is 7.86. The predicted octanol–water partition coefficient (Wildman–Crippen LogP) is 2.14. The van der Waals surface area contributed by atoms with Crippen LogP contribution in [-0.4, -0.2) is 53.8 Å². The molecular weight excluding hydrogens is 412 g/mol. The summed E-state index contributed by atoms with van der Waals surface area (Å²) >= 11 is 0. The largest absolute Gasteiger partial charge is 0.472 e. The van der Waals surface area contributed by atoms with Gasteiger partial charge in [0.2, 0.25) is 5.91 Å². The Balaban J connectivity index is 0.00000150. The van der Waals surface area contributed by atoms with Crippen LogP contribution in [0.25, 0.3) is 0 Å². The highest BCUT2D eigenvalue weighted by atomic mass is 32.1. The molecule has 29 heavy (non-hydrogen) atoms. The smallest absolute Gasteiger partial charge is 0.255 e. The molecule has 3 heterocycles. The summed E-state index contributed by atoms with van der Waals surface area (Å²) in [6.45, 7) is 0.617. The molecule has 3 aliphatic rings. The maximum Gasteiger partial charge on any atom is 0.255 e. The van der Waals surface area contributed by atoms with E-state index in [0.717, 1.165) is 25.7 Å². The normalized spacial score (nSPS) is 25.0. The van der Waals surface area contributed by atoms with Crippen LogP contribution in [-0.2, 0) is 14.3 Å². The summed E-state index contributed by atoms with van der Waals surface area (Å²) in [4.78, 5) is 39.8. The highest BCUT2D eigenvalue weighted by Gasteiger charge is 2.46. The van der Waals surface area contributed by atoms with Crippen molar-refractivity contribution in [1.29, 1.82) is 0 Å². The van der Waals surface area contributed by atoms with E-state index in [9.17, 15) is 14.4 Å². The molecule has 0 bridgehead atoms. The van der Waals surface area contributed by atoms with E-state index in [4.69, 9.17) is 9.15 Å². The number of nitrogens with zero attached hydrogens (tertiary/aromatic N) is 1. The van der Waals surface area contributed by atoms with Gasteiger partial charge in [0.1, 0.15) is 25.0 Å². The lowest BCUT2D eigenvalue weighted by Gasteiger charge is -2.38. The minimum atomic E-state index is -0.623. The molecule has 2 amide bonds. The van der Waals surface area contributed by atoms with Crippen LogP contribution >= 0.6 is 27.0 Å². The van der Waals surface area contributed by atoms with E-state index in [0.29, 0.717) is 24.4 Å². The van der Waals surface area contributed by atoms with Gasteiger partial charge in [-0.25, -0.2) is 0 Å². The van der Waals surface area contributed by atoms with E-state index >= 15 is 0 Å². The van der Waals surface area contributed by atoms with Gasteiger partial charge < -0.3 is 19.4 Å². The first-order valence-corrected chi connectivity index (χ1v) is 9.91. The van der Waals surface area contributed by atoms with Crippen molar-refractivity contribution >= 4 is 44.6 Å². The fourth-order valence-electron chi connectivity index (χ4n) is 4.67. The lowest BCUT2D eigenvalue weighted by atomic mass is 9.93. The average molecular weight is 443 g/mol. The summed E-state index contributed by atoms with van der Waals surface area (Å²) in [5, 5.41) is 2.90. The third kappa shape index (κ3) is 5.19. The summed E-state index contributed by atoms with van der Waals surface area (Å²) in [5.41, 5.74) is 0.399. The number of Topliss-reactive ketones (excluding diaryl/α,β-unsaturated/α-hetero) is 1. The molecule has 2 saturated heterocycles. The minimum Gasteiger partial charge on any atom is -0.472 e. The van der Waals surface area contributed by atoms with Crippen molar-refractivity contribution in [2.75, 3.05) is 13.2 Å². The van der Waals surface area contributed by atoms with Crippen LogP contribution in [0.5, 0.6) is 0 Å². The van der Waals surface area contributed by atoms with Gasteiger partial charge in [0.05, 0.1) is 17.9 Å². The van der Waals surface area contributed by atoms with Gasteiger partial charge in [-0.1, -0.05) is 25.7 Å². The molecule has 9 heteroatoms. The standard InChI is InChI=1S/C20H26N2O5.2H2S/c23-16-12-27-17-6-3-8-22(18(16)17)20(25)15(10-13-4-1-2-5-13)21-19(24)14-7-9-26-11-14;;/h7,9,11,13,15,17-18H,1-6,8,10,12H2,(H,21,24);2*1H2/t15-,17+,18+;;/m0../s1. The van der Waals surface area contributed by atoms with Crippen LogP contribution < -0.4 is 5.32 Å². The van der Waals surface area contributed by atoms with E-state index in [1.54, 1.807) is 11.0 Å². The van der Waals surface area contributed by atoms with Crippen LogP contribution in [0.1, 0.15) is 55.3 Å². The predicted molar refractivity (Wildman–Crippen MR) is 117 cm³/mol. The molecule has 1 aromatic heterocycles. The number of nitrogens with one attached hydrogen (secondary N) is 1. The van der Waals surface area contributed by atoms with Gasteiger partial charge in [-0.05, 0) is 31.2 Å². The first kappa shape index (κ1) is 23.8. The molecule has 2 aliphatic heterocycles. The van der Waals surface area contributed by atoms with Crippen molar-refractivity contribution in [3.05, 3.63) is 24.2 Å². The number of likely N-dealkylation sites (tertiary alicyclic amines) is 1. The lowest BCUT2D eigenvalue weighted by molar-refractivity contribution is -0.142. The molecule has 1 saturated carbocycles. The van der Waals surface area contributed by atoms with Gasteiger partial charge >= 0.3 is 0 Å². The molecular formula is C20H30N2O5S2. The molecule has 0 spiro atoms. The Labute approximate surface area is 184 Å². The van der Waals surface area contributed by atoms with E-state index in [1.165, 1.54) is 25.4 Å². The van der Waals surface area contributed by atoms with E-state index < -0.39 is 12.1 Å². The van der Waals surface area contributed by atoms with Gasteiger partial charge in [-0.15, -0.1) is 0 Å². The van der Waals surface area contributed by atoms with Gasteiger partial charge in [-0.3, -0.25) is 14.4 Å². The van der Waals surface area contributed by atoms with Crippen LogP contribution in [0.2, 0.25) is 0 Å². The zero-order valence-corrected chi connectivity index (χ0v) is 18.4. The Hall–Kier alpha value is -1.45. The zero-order valence-electron chi connectivity index (χ0n) is 16.4. The second-order valence-electron chi connectivity index (χ2n) is 7.86. The highest BCUT2D eigenvalue weighted by molar-refractivity contribution is 7.59. The maximum absolute atomic E-state index is 13.4. The Morgan fingerprint density at radius 1 is 1.17 bits per heavy atom. The second kappa shape index (κ2) is 10.5. The molecule has 162 valence electrons. The van der Waals surface area contributed by atoms with Gasteiger partial charge in [0.15, 0.2) is 5.78 Å². The Morgan fingerprint density at radius 3 is 2.62 bits per heavy atom. The molecule has 0 aromatic carbocycles. The Kier molecular flexibility index (Phi) is 8.66. The molecule has 7 nitrogen and oxygen atoms in total. The fraction of sp³-hybridized carbons (Fsp3) is 0.650. The molecule has 3 atom stereocenters. The van der Waals surface area contributed by atoms with Crippen LogP contribution in [0, 0.1) is 5.92 Å². The number of rotatable bonds is 5. The third-order valence-corrected chi connectivity index (χ3v) is 6.06. The molecule has 1 N–H and O–H groups in total. The van der Waals surface area contributed by atoms with Crippen LogP contribution in [0.4, 0.5) is 0 Å². The number of piperidine rings is 1. The summed E-state index contributed by atoms with van der Waals surface area (Å²) in [7, 11) is 0. The third-order valence-electron chi connectivity index (χ3n) is 6.06. The van der Waals surface area contributed by atoms with Crippen molar-refractivity contribution in [3.8, 4) is 0 Å². The first-order chi connectivity index (χ1) is 13.1. The van der Waals surface area contributed by atoms with E-state index in [-0.39, 0.29) is 57.3 Å². The van der Waals surface area contributed by atoms with Crippen molar-refractivity contribution in [2.24, 2.45) is 5.92 Å². The number of furan rings is 1. The molecule has 1 aliphatic carbocycles. The molecule has 0 unspecified atom stereocenters. The van der Waals surface area contributed by atoms with Gasteiger partial charge in [0, 0.05) is 6.54 Å². The number of ketones is 1. The summed E-state index contributed by atoms with van der Waals surface area (Å²) in [6.07, 6.45) is 9.34. The number of ether oxygens (including phenoxy) is 1. The number of carbonyl (C=O) groups excluding carboxylic acids is 3.